The fraction of sp³-hybridized carbons (Fsp3) is 0.560. The molecule has 0 saturated carbocycles. The van der Waals surface area contributed by atoms with E-state index in [0.717, 1.165) is 6.42 Å². The minimum Gasteiger partial charge on any atom is -0.352 e. The summed E-state index contributed by atoms with van der Waals surface area (Å²) in [6.07, 6.45) is 5.12. The molecule has 6 heteroatoms. The number of urea groups is 1. The van der Waals surface area contributed by atoms with Gasteiger partial charge in [-0.2, -0.15) is 0 Å². The number of allylic oxidation sites excluding steroid dienone is 1. The van der Waals surface area contributed by atoms with E-state index in [9.17, 15) is 14.4 Å². The Balaban J connectivity index is 2.08. The van der Waals surface area contributed by atoms with Crippen molar-refractivity contribution in [1.29, 1.82) is 0 Å². The average Bonchev–Trinajstić information content (AvgIpc) is 3.11. The maximum Gasteiger partial charge on any atom is 0.312 e. The molecule has 2 atom stereocenters. The molecule has 0 heterocycles. The van der Waals surface area contributed by atoms with Gasteiger partial charge >= 0.3 is 6.03 Å². The Morgan fingerprint density at radius 1 is 1.10 bits per heavy atom. The van der Waals surface area contributed by atoms with Crippen LogP contribution in [0.5, 0.6) is 0 Å². The van der Waals surface area contributed by atoms with E-state index in [4.69, 9.17) is 5.73 Å². The standard InChI is InChI=1S/C25H37N3O3/c1-16(2)24(30)20(9-7-13-27-25(26)31)15-23(29)22(28-17(3)4)14-19-12-11-18-8-5-6-10-21(18)19/h5-6,8,10,12,16-17,20,22,28H,7,9,11,13-15H2,1-4H3,(H3,26,27,31)/t20-,22+/m0/s1. The minimum atomic E-state index is -0.575. The highest BCUT2D eigenvalue weighted by Crippen LogP contribution is 2.31. The summed E-state index contributed by atoms with van der Waals surface area (Å²) in [4.78, 5) is 37.0. The molecule has 170 valence electrons. The number of rotatable bonds is 13. The molecule has 2 rings (SSSR count). The third-order valence-electron chi connectivity index (χ3n) is 5.73. The Bertz CT molecular complexity index is 814. The van der Waals surface area contributed by atoms with E-state index in [2.05, 4.69) is 28.8 Å². The highest BCUT2D eigenvalue weighted by Gasteiger charge is 2.29. The van der Waals surface area contributed by atoms with Gasteiger partial charge in [-0.3, -0.25) is 9.59 Å². The van der Waals surface area contributed by atoms with Gasteiger partial charge in [-0.1, -0.05) is 58.0 Å². The zero-order chi connectivity index (χ0) is 23.0. The van der Waals surface area contributed by atoms with Crippen LogP contribution in [0.2, 0.25) is 0 Å². The number of ketones is 2. The molecule has 1 aliphatic rings. The molecule has 0 saturated heterocycles. The number of primary amides is 1. The van der Waals surface area contributed by atoms with E-state index in [-0.39, 0.29) is 41.9 Å². The van der Waals surface area contributed by atoms with Crippen LogP contribution in [0.15, 0.2) is 30.3 Å². The molecule has 0 unspecified atom stereocenters. The van der Waals surface area contributed by atoms with Gasteiger partial charge in [0.15, 0.2) is 5.78 Å². The first-order chi connectivity index (χ1) is 14.7. The molecule has 0 spiro atoms. The quantitative estimate of drug-likeness (QED) is 0.418. The highest BCUT2D eigenvalue weighted by atomic mass is 16.2. The van der Waals surface area contributed by atoms with Gasteiger partial charge in [0.2, 0.25) is 0 Å². The summed E-state index contributed by atoms with van der Waals surface area (Å²) in [6.45, 7) is 8.20. The fourth-order valence-electron chi connectivity index (χ4n) is 4.20. The van der Waals surface area contributed by atoms with Gasteiger partial charge in [0.1, 0.15) is 5.78 Å². The van der Waals surface area contributed by atoms with Crippen molar-refractivity contribution >= 4 is 23.2 Å². The summed E-state index contributed by atoms with van der Waals surface area (Å²) in [6, 6.07) is 7.57. The van der Waals surface area contributed by atoms with Crippen LogP contribution in [-0.2, 0) is 16.0 Å². The van der Waals surface area contributed by atoms with Crippen molar-refractivity contribution in [2.75, 3.05) is 6.54 Å². The highest BCUT2D eigenvalue weighted by molar-refractivity contribution is 5.92. The summed E-state index contributed by atoms with van der Waals surface area (Å²) >= 11 is 0. The first-order valence-corrected chi connectivity index (χ1v) is 11.3. The second kappa shape index (κ2) is 11.8. The Kier molecular flexibility index (Phi) is 9.44. The van der Waals surface area contributed by atoms with Crippen LogP contribution in [0.25, 0.3) is 5.57 Å². The number of carbonyl (C=O) groups excluding carboxylic acids is 3. The first-order valence-electron chi connectivity index (χ1n) is 11.3. The molecule has 0 bridgehead atoms. The van der Waals surface area contributed by atoms with E-state index < -0.39 is 6.03 Å². The van der Waals surface area contributed by atoms with Gasteiger partial charge in [-0.05, 0) is 42.4 Å². The number of benzene rings is 1. The van der Waals surface area contributed by atoms with Crippen LogP contribution in [0.4, 0.5) is 4.79 Å². The maximum absolute atomic E-state index is 13.3. The van der Waals surface area contributed by atoms with Crippen molar-refractivity contribution in [2.45, 2.75) is 71.9 Å². The van der Waals surface area contributed by atoms with E-state index in [1.165, 1.54) is 16.7 Å². The molecule has 0 fully saturated rings. The Hall–Kier alpha value is -2.47. The predicted octanol–water partition coefficient (Wildman–Crippen LogP) is 3.63. The second-order valence-corrected chi connectivity index (χ2v) is 9.03. The summed E-state index contributed by atoms with van der Waals surface area (Å²) in [5, 5.41) is 5.97. The SMILES string of the molecule is CC(C)N[C@H](CC1=CCc2ccccc21)C(=O)C[C@H](CCCNC(N)=O)C(=O)C(C)C. The number of hydrogen-bond acceptors (Lipinski definition) is 4. The summed E-state index contributed by atoms with van der Waals surface area (Å²) in [5.41, 5.74) is 8.82. The largest absolute Gasteiger partial charge is 0.352 e. The van der Waals surface area contributed by atoms with E-state index in [1.54, 1.807) is 0 Å². The van der Waals surface area contributed by atoms with Gasteiger partial charge in [0.05, 0.1) is 6.04 Å². The first kappa shape index (κ1) is 24.8. The van der Waals surface area contributed by atoms with Gasteiger partial charge in [0.25, 0.3) is 0 Å². The number of nitrogens with one attached hydrogen (secondary N) is 2. The number of carbonyl (C=O) groups is 3. The monoisotopic (exact) mass is 427 g/mol. The fourth-order valence-corrected chi connectivity index (χ4v) is 4.20. The summed E-state index contributed by atoms with van der Waals surface area (Å²) < 4.78 is 0. The lowest BCUT2D eigenvalue weighted by atomic mass is 9.84. The number of nitrogens with two attached hydrogens (primary N) is 1. The van der Waals surface area contributed by atoms with Gasteiger partial charge in [-0.15, -0.1) is 0 Å². The van der Waals surface area contributed by atoms with E-state index in [1.807, 2.05) is 39.8 Å². The molecule has 2 amide bonds. The lowest BCUT2D eigenvalue weighted by Crippen LogP contribution is -2.42. The third-order valence-corrected chi connectivity index (χ3v) is 5.73. The van der Waals surface area contributed by atoms with Crippen LogP contribution in [-0.4, -0.2) is 36.2 Å². The molecular weight excluding hydrogens is 390 g/mol. The molecule has 31 heavy (non-hydrogen) atoms. The second-order valence-electron chi connectivity index (χ2n) is 9.03. The van der Waals surface area contributed by atoms with Crippen molar-refractivity contribution in [3.63, 3.8) is 0 Å². The topological polar surface area (TPSA) is 101 Å². The van der Waals surface area contributed by atoms with Crippen molar-refractivity contribution in [2.24, 2.45) is 17.6 Å². The number of fused-ring (bicyclic) bond motifs is 1. The maximum atomic E-state index is 13.3. The predicted molar refractivity (Wildman–Crippen MR) is 125 cm³/mol. The van der Waals surface area contributed by atoms with Crippen molar-refractivity contribution in [3.8, 4) is 0 Å². The Morgan fingerprint density at radius 3 is 2.45 bits per heavy atom. The third kappa shape index (κ3) is 7.62. The Labute approximate surface area is 186 Å². The van der Waals surface area contributed by atoms with Crippen LogP contribution in [0.1, 0.15) is 64.5 Å². The number of Topliss-reactive ketones (excluding diaryl/α,β-unsaturated/α-hetero) is 2. The van der Waals surface area contributed by atoms with Crippen LogP contribution in [0.3, 0.4) is 0 Å². The number of hydrogen-bond donors (Lipinski definition) is 3. The molecule has 0 aromatic heterocycles. The number of amides is 2. The molecule has 0 radical (unpaired) electrons. The smallest absolute Gasteiger partial charge is 0.312 e. The lowest BCUT2D eigenvalue weighted by molar-refractivity contribution is -0.131. The Morgan fingerprint density at radius 2 is 1.81 bits per heavy atom. The molecular formula is C25H37N3O3. The zero-order valence-electron chi connectivity index (χ0n) is 19.2. The van der Waals surface area contributed by atoms with Gasteiger partial charge in [-0.25, -0.2) is 4.79 Å². The molecule has 1 aromatic carbocycles. The van der Waals surface area contributed by atoms with Crippen molar-refractivity contribution < 1.29 is 14.4 Å². The van der Waals surface area contributed by atoms with Crippen LogP contribution >= 0.6 is 0 Å². The molecule has 1 aliphatic carbocycles. The molecule has 4 N–H and O–H groups in total. The van der Waals surface area contributed by atoms with Crippen LogP contribution < -0.4 is 16.4 Å². The van der Waals surface area contributed by atoms with Crippen molar-refractivity contribution in [1.82, 2.24) is 10.6 Å². The lowest BCUT2D eigenvalue weighted by Gasteiger charge is -2.24. The summed E-state index contributed by atoms with van der Waals surface area (Å²) in [7, 11) is 0. The normalized spacial score (nSPS) is 14.8. The van der Waals surface area contributed by atoms with Crippen molar-refractivity contribution in [3.05, 3.63) is 41.5 Å². The minimum absolute atomic E-state index is 0.0702. The van der Waals surface area contributed by atoms with Crippen LogP contribution in [0, 0.1) is 11.8 Å². The summed E-state index contributed by atoms with van der Waals surface area (Å²) in [5.74, 6) is -0.312. The van der Waals surface area contributed by atoms with Gasteiger partial charge < -0.3 is 16.4 Å². The van der Waals surface area contributed by atoms with Gasteiger partial charge in [0, 0.05) is 30.8 Å². The average molecular weight is 428 g/mol. The zero-order valence-corrected chi connectivity index (χ0v) is 19.2. The molecule has 1 aromatic rings. The van der Waals surface area contributed by atoms with E-state index in [0.29, 0.717) is 25.8 Å². The molecule has 6 nitrogen and oxygen atoms in total. The molecule has 0 aliphatic heterocycles. The van der Waals surface area contributed by atoms with E-state index >= 15 is 0 Å².